The van der Waals surface area contributed by atoms with Crippen LogP contribution in [0.2, 0.25) is 5.02 Å². The van der Waals surface area contributed by atoms with Crippen molar-refractivity contribution in [3.63, 3.8) is 0 Å². The summed E-state index contributed by atoms with van der Waals surface area (Å²) in [5.41, 5.74) is 1.23. The van der Waals surface area contributed by atoms with E-state index in [1.54, 1.807) is 34.9 Å². The second kappa shape index (κ2) is 10.9. The fraction of sp³-hybridized carbons (Fsp3) is 0.231. The van der Waals surface area contributed by atoms with E-state index in [1.807, 2.05) is 6.07 Å². The molecule has 0 radical (unpaired) electrons. The molecule has 0 bridgehead atoms. The predicted molar refractivity (Wildman–Crippen MR) is 137 cm³/mol. The van der Waals surface area contributed by atoms with Crippen molar-refractivity contribution in [2.24, 2.45) is 0 Å². The quantitative estimate of drug-likeness (QED) is 0.199. The molecule has 1 heterocycles. The molecule has 0 amide bonds. The van der Waals surface area contributed by atoms with Crippen LogP contribution < -0.4 is 19.7 Å². The second-order valence-corrected chi connectivity index (χ2v) is 9.36. The highest BCUT2D eigenvalue weighted by molar-refractivity contribution is 7.98. The van der Waals surface area contributed by atoms with Gasteiger partial charge in [-0.1, -0.05) is 47.6 Å². The van der Waals surface area contributed by atoms with Crippen LogP contribution in [0.25, 0.3) is 10.9 Å². The van der Waals surface area contributed by atoms with Gasteiger partial charge in [0.05, 0.1) is 44.0 Å². The van der Waals surface area contributed by atoms with Crippen molar-refractivity contribution >= 4 is 34.3 Å². The Bertz CT molecular complexity index is 1510. The van der Waals surface area contributed by atoms with Crippen molar-refractivity contribution in [2.75, 3.05) is 21.3 Å². The predicted octanol–water partition coefficient (Wildman–Crippen LogP) is 6.55. The normalized spacial score (nSPS) is 11.5. The summed E-state index contributed by atoms with van der Waals surface area (Å²) < 4.78 is 57.3. The molecule has 194 valence electrons. The van der Waals surface area contributed by atoms with Crippen LogP contribution in [0.5, 0.6) is 17.2 Å². The number of halogens is 4. The number of fused-ring (bicyclic) bond motifs is 1. The molecule has 4 rings (SSSR count). The molecular weight excluding hydrogens is 527 g/mol. The lowest BCUT2D eigenvalue weighted by Crippen LogP contribution is -2.24. The summed E-state index contributed by atoms with van der Waals surface area (Å²) in [5.74, 6) is 1.65. The number of rotatable bonds is 8. The van der Waals surface area contributed by atoms with Crippen LogP contribution >= 0.6 is 23.4 Å². The first-order chi connectivity index (χ1) is 17.6. The average Bonchev–Trinajstić information content (AvgIpc) is 2.88. The summed E-state index contributed by atoms with van der Waals surface area (Å²) in [4.78, 5) is 4.75. The minimum atomic E-state index is -4.43. The van der Waals surface area contributed by atoms with E-state index in [-0.39, 0.29) is 17.8 Å². The number of ether oxygens (including phenoxy) is 3. The van der Waals surface area contributed by atoms with E-state index in [9.17, 15) is 13.2 Å². The van der Waals surface area contributed by atoms with Crippen molar-refractivity contribution in [3.05, 3.63) is 81.8 Å². The van der Waals surface area contributed by atoms with Gasteiger partial charge in [0.1, 0.15) is 11.2 Å². The summed E-state index contributed by atoms with van der Waals surface area (Å²) in [5, 5.41) is 10.4. The SMILES string of the molecule is COc1ccc(Cn2c(SCc3cccc(C(F)(F)F)c3)nc3cc(OC)c(OC)cc3c2=N)cc1Cl. The Morgan fingerprint density at radius 1 is 0.919 bits per heavy atom. The summed E-state index contributed by atoms with van der Waals surface area (Å²) >= 11 is 7.55. The first-order valence-electron chi connectivity index (χ1n) is 11.0. The van der Waals surface area contributed by atoms with E-state index in [0.717, 1.165) is 17.7 Å². The number of benzene rings is 3. The summed E-state index contributed by atoms with van der Waals surface area (Å²) in [7, 11) is 4.54. The molecule has 11 heteroatoms. The first-order valence-corrected chi connectivity index (χ1v) is 12.3. The first kappa shape index (κ1) is 26.7. The zero-order chi connectivity index (χ0) is 26.7. The lowest BCUT2D eigenvalue weighted by atomic mass is 10.1. The van der Waals surface area contributed by atoms with Gasteiger partial charge in [-0.05, 0) is 35.4 Å². The van der Waals surface area contributed by atoms with Crippen molar-refractivity contribution in [2.45, 2.75) is 23.6 Å². The molecular formula is C26H23ClF3N3O3S. The lowest BCUT2D eigenvalue weighted by Gasteiger charge is -2.17. The monoisotopic (exact) mass is 549 g/mol. The molecule has 0 aliphatic rings. The van der Waals surface area contributed by atoms with Crippen LogP contribution in [-0.4, -0.2) is 30.9 Å². The largest absolute Gasteiger partial charge is 0.495 e. The molecule has 0 unspecified atom stereocenters. The number of hydrogen-bond acceptors (Lipinski definition) is 6. The highest BCUT2D eigenvalue weighted by Crippen LogP contribution is 2.33. The third-order valence-corrected chi connectivity index (χ3v) is 7.00. The van der Waals surface area contributed by atoms with Crippen LogP contribution in [0.15, 0.2) is 59.8 Å². The van der Waals surface area contributed by atoms with Crippen LogP contribution in [0, 0.1) is 5.41 Å². The van der Waals surface area contributed by atoms with E-state index in [4.69, 9.17) is 36.2 Å². The van der Waals surface area contributed by atoms with Gasteiger partial charge in [-0.2, -0.15) is 13.2 Å². The minimum absolute atomic E-state index is 0.157. The van der Waals surface area contributed by atoms with Gasteiger partial charge in [-0.15, -0.1) is 0 Å². The molecule has 0 saturated carbocycles. The molecule has 0 saturated heterocycles. The van der Waals surface area contributed by atoms with Crippen LogP contribution in [-0.2, 0) is 18.5 Å². The molecule has 0 fully saturated rings. The summed E-state index contributed by atoms with van der Waals surface area (Å²) in [6.45, 7) is 0.255. The molecule has 0 spiro atoms. The van der Waals surface area contributed by atoms with E-state index in [2.05, 4.69) is 0 Å². The molecule has 6 nitrogen and oxygen atoms in total. The lowest BCUT2D eigenvalue weighted by molar-refractivity contribution is -0.137. The van der Waals surface area contributed by atoms with Gasteiger partial charge in [0.15, 0.2) is 16.7 Å². The molecule has 1 N–H and O–H groups in total. The molecule has 4 aromatic rings. The maximum absolute atomic E-state index is 13.2. The molecule has 37 heavy (non-hydrogen) atoms. The number of nitrogens with zero attached hydrogens (tertiary/aromatic N) is 2. The highest BCUT2D eigenvalue weighted by Gasteiger charge is 2.30. The van der Waals surface area contributed by atoms with Crippen LogP contribution in [0.4, 0.5) is 13.2 Å². The van der Waals surface area contributed by atoms with Gasteiger partial charge in [0.2, 0.25) is 0 Å². The van der Waals surface area contributed by atoms with E-state index >= 15 is 0 Å². The van der Waals surface area contributed by atoms with Gasteiger partial charge in [-0.3, -0.25) is 5.41 Å². The smallest absolute Gasteiger partial charge is 0.416 e. The Hall–Kier alpha value is -3.37. The molecule has 0 atom stereocenters. The minimum Gasteiger partial charge on any atom is -0.495 e. The zero-order valence-electron chi connectivity index (χ0n) is 20.1. The van der Waals surface area contributed by atoms with Gasteiger partial charge in [0, 0.05) is 17.2 Å². The average molecular weight is 550 g/mol. The van der Waals surface area contributed by atoms with Gasteiger partial charge in [-0.25, -0.2) is 4.98 Å². The number of alkyl halides is 3. The van der Waals surface area contributed by atoms with Crippen LogP contribution in [0.3, 0.4) is 0 Å². The number of methoxy groups -OCH3 is 3. The molecule has 3 aromatic carbocycles. The zero-order valence-corrected chi connectivity index (χ0v) is 21.7. The number of nitrogens with one attached hydrogen (secondary N) is 1. The third kappa shape index (κ3) is 5.80. The Balaban J connectivity index is 1.80. The fourth-order valence-electron chi connectivity index (χ4n) is 3.79. The summed E-state index contributed by atoms with van der Waals surface area (Å²) in [6, 6.07) is 13.8. The Labute approximate surface area is 220 Å². The number of thioether (sulfide) groups is 1. The summed E-state index contributed by atoms with van der Waals surface area (Å²) in [6.07, 6.45) is -4.43. The van der Waals surface area contributed by atoms with Gasteiger partial charge < -0.3 is 18.8 Å². The standard InChI is InChI=1S/C26H23ClF3N3O3S/c1-34-21-8-7-15(10-19(21)27)13-33-24(31)18-11-22(35-2)23(36-3)12-20(18)32-25(33)37-14-16-5-4-6-17(9-16)26(28,29)30/h4-12,31H,13-14H2,1-3H3. The Morgan fingerprint density at radius 3 is 2.27 bits per heavy atom. The van der Waals surface area contributed by atoms with E-state index in [1.165, 1.54) is 39.2 Å². The molecule has 1 aromatic heterocycles. The maximum atomic E-state index is 13.2. The number of aromatic nitrogens is 2. The Kier molecular flexibility index (Phi) is 7.89. The van der Waals surface area contributed by atoms with Crippen molar-refractivity contribution in [1.29, 1.82) is 5.41 Å². The fourth-order valence-corrected chi connectivity index (χ4v) is 5.02. The third-order valence-electron chi connectivity index (χ3n) is 5.65. The van der Waals surface area contributed by atoms with Crippen molar-refractivity contribution in [3.8, 4) is 17.2 Å². The van der Waals surface area contributed by atoms with E-state index in [0.29, 0.717) is 43.9 Å². The van der Waals surface area contributed by atoms with Crippen molar-refractivity contribution in [1.82, 2.24) is 9.55 Å². The van der Waals surface area contributed by atoms with Gasteiger partial charge >= 0.3 is 6.18 Å². The molecule has 0 aliphatic carbocycles. The number of hydrogen-bond donors (Lipinski definition) is 1. The Morgan fingerprint density at radius 2 is 1.62 bits per heavy atom. The second-order valence-electron chi connectivity index (χ2n) is 8.01. The van der Waals surface area contributed by atoms with Crippen molar-refractivity contribution < 1.29 is 27.4 Å². The maximum Gasteiger partial charge on any atom is 0.416 e. The molecule has 0 aliphatic heterocycles. The van der Waals surface area contributed by atoms with Gasteiger partial charge in [0.25, 0.3) is 0 Å². The van der Waals surface area contributed by atoms with Crippen LogP contribution in [0.1, 0.15) is 16.7 Å². The van der Waals surface area contributed by atoms with E-state index < -0.39 is 11.7 Å². The highest BCUT2D eigenvalue weighted by atomic mass is 35.5. The topological polar surface area (TPSA) is 69.4 Å².